The molecule has 4 rings (SSSR count). The fourth-order valence-corrected chi connectivity index (χ4v) is 4.12. The Morgan fingerprint density at radius 1 is 1.07 bits per heavy atom. The predicted molar refractivity (Wildman–Crippen MR) is 105 cm³/mol. The lowest BCUT2D eigenvalue weighted by Gasteiger charge is -2.27. The highest BCUT2D eigenvalue weighted by molar-refractivity contribution is 5.59. The summed E-state index contributed by atoms with van der Waals surface area (Å²) in [7, 11) is 0. The van der Waals surface area contributed by atoms with Gasteiger partial charge in [0.1, 0.15) is 11.6 Å². The second-order valence-electron chi connectivity index (χ2n) is 7.84. The van der Waals surface area contributed by atoms with Crippen molar-refractivity contribution in [2.45, 2.75) is 51.5 Å². The number of ether oxygens (including phenoxy) is 1. The number of nitrogens with zero attached hydrogens (tertiary/aromatic N) is 3. The summed E-state index contributed by atoms with van der Waals surface area (Å²) in [6.07, 6.45) is 3.97. The summed E-state index contributed by atoms with van der Waals surface area (Å²) in [5, 5.41) is 2.78. The Labute approximate surface area is 168 Å². The van der Waals surface area contributed by atoms with Crippen LogP contribution in [0, 0.1) is 24.5 Å². The molecule has 2 aromatic heterocycles. The van der Waals surface area contributed by atoms with Crippen molar-refractivity contribution in [3.63, 3.8) is 0 Å². The van der Waals surface area contributed by atoms with Gasteiger partial charge in [0.15, 0.2) is 17.5 Å². The minimum Gasteiger partial charge on any atom is -0.381 e. The highest BCUT2D eigenvalue weighted by Gasteiger charge is 2.25. The van der Waals surface area contributed by atoms with Crippen molar-refractivity contribution < 1.29 is 17.9 Å². The molecular formula is C21H25F3N4O. The quantitative estimate of drug-likeness (QED) is 0.737. The maximum Gasteiger partial charge on any atom is 0.251 e. The molecule has 0 radical (unpaired) electrons. The lowest BCUT2D eigenvalue weighted by molar-refractivity contribution is 0.0853. The molecule has 8 heteroatoms. The fraction of sp³-hybridized carbons (Fsp3) is 0.524. The van der Waals surface area contributed by atoms with Gasteiger partial charge in [-0.2, -0.15) is 9.37 Å². The molecule has 0 amide bonds. The van der Waals surface area contributed by atoms with Gasteiger partial charge in [0.25, 0.3) is 5.95 Å². The van der Waals surface area contributed by atoms with Gasteiger partial charge in [-0.05, 0) is 63.1 Å². The van der Waals surface area contributed by atoms with E-state index in [0.717, 1.165) is 43.6 Å². The first kappa shape index (κ1) is 19.9. The number of hydrogen-bond donors (Lipinski definition) is 1. The SMILES string of the molecule is Cc1c(F)c(F)nc(Nc2cc(C3CCOCC3)cc(N3CCCC3C)n2)c1F. The van der Waals surface area contributed by atoms with Crippen LogP contribution in [-0.2, 0) is 4.74 Å². The lowest BCUT2D eigenvalue weighted by Crippen LogP contribution is -2.27. The Bertz CT molecular complexity index is 902. The molecule has 1 unspecified atom stereocenters. The Balaban J connectivity index is 1.72. The normalized spacial score (nSPS) is 20.3. The van der Waals surface area contributed by atoms with Crippen molar-refractivity contribution in [1.29, 1.82) is 0 Å². The lowest BCUT2D eigenvalue weighted by atomic mass is 9.92. The van der Waals surface area contributed by atoms with Crippen molar-refractivity contribution >= 4 is 17.5 Å². The van der Waals surface area contributed by atoms with Crippen LogP contribution in [0.25, 0.3) is 0 Å². The number of rotatable bonds is 4. The average molecular weight is 406 g/mol. The van der Waals surface area contributed by atoms with E-state index in [0.29, 0.717) is 31.0 Å². The number of nitrogens with one attached hydrogen (secondary N) is 1. The van der Waals surface area contributed by atoms with Gasteiger partial charge >= 0.3 is 0 Å². The zero-order valence-corrected chi connectivity index (χ0v) is 16.6. The molecule has 156 valence electrons. The fourth-order valence-electron chi connectivity index (χ4n) is 4.12. The average Bonchev–Trinajstić information content (AvgIpc) is 3.17. The van der Waals surface area contributed by atoms with Crippen molar-refractivity contribution in [3.8, 4) is 0 Å². The largest absolute Gasteiger partial charge is 0.381 e. The Morgan fingerprint density at radius 2 is 1.83 bits per heavy atom. The summed E-state index contributed by atoms with van der Waals surface area (Å²) in [6.45, 7) is 5.64. The molecule has 1 atom stereocenters. The number of halogens is 3. The molecule has 2 aromatic rings. The second kappa shape index (κ2) is 8.18. The van der Waals surface area contributed by atoms with Gasteiger partial charge < -0.3 is 15.0 Å². The summed E-state index contributed by atoms with van der Waals surface area (Å²) < 4.78 is 47.3. The number of aromatic nitrogens is 2. The minimum atomic E-state index is -1.33. The van der Waals surface area contributed by atoms with E-state index >= 15 is 0 Å². The molecule has 0 spiro atoms. The molecular weight excluding hydrogens is 381 g/mol. The molecule has 4 heterocycles. The Hall–Kier alpha value is -2.35. The van der Waals surface area contributed by atoms with Gasteiger partial charge in [-0.25, -0.2) is 13.8 Å². The van der Waals surface area contributed by atoms with Crippen LogP contribution in [0.4, 0.5) is 30.6 Å². The van der Waals surface area contributed by atoms with Gasteiger partial charge in [0, 0.05) is 31.4 Å². The van der Waals surface area contributed by atoms with Crippen LogP contribution in [-0.4, -0.2) is 35.8 Å². The Kier molecular flexibility index (Phi) is 5.63. The minimum absolute atomic E-state index is 0.313. The van der Waals surface area contributed by atoms with Gasteiger partial charge in [0.2, 0.25) is 0 Å². The van der Waals surface area contributed by atoms with E-state index in [2.05, 4.69) is 33.2 Å². The van der Waals surface area contributed by atoms with Gasteiger partial charge in [-0.15, -0.1) is 0 Å². The van der Waals surface area contributed by atoms with Crippen LogP contribution in [0.2, 0.25) is 0 Å². The van der Waals surface area contributed by atoms with E-state index in [9.17, 15) is 13.2 Å². The zero-order chi connectivity index (χ0) is 20.5. The van der Waals surface area contributed by atoms with Gasteiger partial charge in [-0.3, -0.25) is 0 Å². The first-order chi connectivity index (χ1) is 13.9. The van der Waals surface area contributed by atoms with Crippen molar-refractivity contribution in [1.82, 2.24) is 9.97 Å². The van der Waals surface area contributed by atoms with Crippen LogP contribution >= 0.6 is 0 Å². The van der Waals surface area contributed by atoms with E-state index in [-0.39, 0.29) is 5.82 Å². The highest BCUT2D eigenvalue weighted by Crippen LogP contribution is 2.34. The van der Waals surface area contributed by atoms with Crippen molar-refractivity contribution in [2.24, 2.45) is 0 Å². The molecule has 29 heavy (non-hydrogen) atoms. The van der Waals surface area contributed by atoms with E-state index < -0.39 is 23.1 Å². The Morgan fingerprint density at radius 3 is 2.52 bits per heavy atom. The van der Waals surface area contributed by atoms with Gasteiger partial charge in [0.05, 0.1) is 0 Å². The van der Waals surface area contributed by atoms with Crippen LogP contribution < -0.4 is 10.2 Å². The molecule has 5 nitrogen and oxygen atoms in total. The van der Waals surface area contributed by atoms with Crippen LogP contribution in [0.5, 0.6) is 0 Å². The third-order valence-electron chi connectivity index (χ3n) is 5.88. The summed E-state index contributed by atoms with van der Waals surface area (Å²) in [6, 6.07) is 4.29. The molecule has 2 aliphatic heterocycles. The molecule has 0 aliphatic carbocycles. The number of pyridine rings is 2. The maximum atomic E-state index is 14.5. The first-order valence-electron chi connectivity index (χ1n) is 10.1. The van der Waals surface area contributed by atoms with E-state index in [1.807, 2.05) is 6.07 Å². The van der Waals surface area contributed by atoms with Crippen LogP contribution in [0.15, 0.2) is 12.1 Å². The topological polar surface area (TPSA) is 50.3 Å². The van der Waals surface area contributed by atoms with Crippen molar-refractivity contribution in [2.75, 3.05) is 30.0 Å². The summed E-state index contributed by atoms with van der Waals surface area (Å²) in [4.78, 5) is 10.3. The molecule has 0 aromatic carbocycles. The monoisotopic (exact) mass is 406 g/mol. The molecule has 2 saturated heterocycles. The second-order valence-corrected chi connectivity index (χ2v) is 7.84. The van der Waals surface area contributed by atoms with E-state index in [1.54, 1.807) is 0 Å². The van der Waals surface area contributed by atoms with E-state index in [4.69, 9.17) is 4.74 Å². The van der Waals surface area contributed by atoms with E-state index in [1.165, 1.54) is 6.92 Å². The first-order valence-corrected chi connectivity index (χ1v) is 10.1. The standard InChI is InChI=1S/C21H25F3N4O/c1-12-4-3-7-28(12)17-11-15(14-5-8-29-9-6-14)10-16(25-17)26-21-19(23)13(2)18(22)20(24)27-21/h10-12,14H,3-9H2,1-2H3,(H,25,26,27). The smallest absolute Gasteiger partial charge is 0.251 e. The van der Waals surface area contributed by atoms with Gasteiger partial charge in [-0.1, -0.05) is 0 Å². The zero-order valence-electron chi connectivity index (χ0n) is 16.6. The molecule has 0 saturated carbocycles. The predicted octanol–water partition coefficient (Wildman–Crippen LogP) is 4.83. The van der Waals surface area contributed by atoms with Crippen LogP contribution in [0.3, 0.4) is 0 Å². The maximum absolute atomic E-state index is 14.5. The molecule has 2 aliphatic rings. The summed E-state index contributed by atoms with van der Waals surface area (Å²) >= 11 is 0. The molecule has 2 fully saturated rings. The van der Waals surface area contributed by atoms with Crippen molar-refractivity contribution in [3.05, 3.63) is 40.8 Å². The summed E-state index contributed by atoms with van der Waals surface area (Å²) in [5.41, 5.74) is 0.675. The number of anilines is 3. The molecule has 0 bridgehead atoms. The summed E-state index contributed by atoms with van der Waals surface area (Å²) in [5.74, 6) is -2.39. The molecule has 1 N–H and O–H groups in total. The highest BCUT2D eigenvalue weighted by atomic mass is 19.2. The number of hydrogen-bond acceptors (Lipinski definition) is 5. The third kappa shape index (κ3) is 4.03. The third-order valence-corrected chi connectivity index (χ3v) is 5.88. The van der Waals surface area contributed by atoms with Crippen LogP contribution in [0.1, 0.15) is 49.7 Å².